The Morgan fingerprint density at radius 1 is 1.36 bits per heavy atom. The average Bonchev–Trinajstić information content (AvgIpc) is 3.22. The molecule has 0 saturated carbocycles. The van der Waals surface area contributed by atoms with Crippen molar-refractivity contribution in [2.45, 2.75) is 71.0 Å². The third-order valence-corrected chi connectivity index (χ3v) is 6.41. The fourth-order valence-corrected chi connectivity index (χ4v) is 4.95. The number of nitrogens with zero attached hydrogens (tertiary/aromatic N) is 2. The van der Waals surface area contributed by atoms with Gasteiger partial charge in [-0.25, -0.2) is 0 Å². The lowest BCUT2D eigenvalue weighted by atomic mass is 9.69. The molecule has 0 aliphatic carbocycles. The van der Waals surface area contributed by atoms with Crippen LogP contribution in [0.25, 0.3) is 0 Å². The largest absolute Gasteiger partial charge is 0.469 e. The van der Waals surface area contributed by atoms with Gasteiger partial charge in [-0.15, -0.1) is 0 Å². The minimum Gasteiger partial charge on any atom is -0.469 e. The number of amides is 1. The fourth-order valence-electron chi connectivity index (χ4n) is 4.95. The summed E-state index contributed by atoms with van der Waals surface area (Å²) in [6, 6.07) is 6.70. The molecule has 2 fully saturated rings. The van der Waals surface area contributed by atoms with Crippen LogP contribution in [0, 0.1) is 11.3 Å². The Labute approximate surface area is 168 Å². The molecule has 2 aliphatic rings. The number of nitrogens with one attached hydrogen (secondary N) is 1. The third kappa shape index (κ3) is 4.37. The van der Waals surface area contributed by atoms with Gasteiger partial charge < -0.3 is 10.1 Å². The average molecular weight is 388 g/mol. The molecule has 6 nitrogen and oxygen atoms in total. The van der Waals surface area contributed by atoms with Gasteiger partial charge in [0.05, 0.1) is 24.6 Å². The highest BCUT2D eigenvalue weighted by atomic mass is 16.5. The van der Waals surface area contributed by atoms with E-state index < -0.39 is 0 Å². The van der Waals surface area contributed by atoms with Gasteiger partial charge in [0.2, 0.25) is 5.91 Å². The molecule has 6 heteroatoms. The van der Waals surface area contributed by atoms with Crippen LogP contribution in [0.1, 0.15) is 58.1 Å². The predicted octanol–water partition coefficient (Wildman–Crippen LogP) is 2.92. The minimum atomic E-state index is -0.363. The van der Waals surface area contributed by atoms with Crippen molar-refractivity contribution in [2.24, 2.45) is 11.3 Å². The van der Waals surface area contributed by atoms with Crippen molar-refractivity contribution in [1.29, 1.82) is 0 Å². The van der Waals surface area contributed by atoms with E-state index in [0.717, 1.165) is 44.3 Å². The number of carbonyl (C=O) groups excluding carboxylic acids is 2. The molecule has 28 heavy (non-hydrogen) atoms. The zero-order valence-corrected chi connectivity index (χ0v) is 17.3. The van der Waals surface area contributed by atoms with Crippen molar-refractivity contribution in [1.82, 2.24) is 15.2 Å². The van der Waals surface area contributed by atoms with Crippen molar-refractivity contribution < 1.29 is 14.3 Å². The van der Waals surface area contributed by atoms with Crippen LogP contribution < -0.4 is 5.32 Å². The van der Waals surface area contributed by atoms with Crippen LogP contribution in [-0.4, -0.2) is 47.5 Å². The Hall–Kier alpha value is -1.95. The minimum absolute atomic E-state index is 0.107. The Morgan fingerprint density at radius 3 is 2.86 bits per heavy atom. The van der Waals surface area contributed by atoms with E-state index in [1.54, 1.807) is 0 Å². The maximum absolute atomic E-state index is 13.3. The highest BCUT2D eigenvalue weighted by Crippen LogP contribution is 2.53. The van der Waals surface area contributed by atoms with Gasteiger partial charge in [0.15, 0.2) is 0 Å². The van der Waals surface area contributed by atoms with Gasteiger partial charge in [0.1, 0.15) is 0 Å². The maximum Gasteiger partial charge on any atom is 0.307 e. The number of methoxy groups -OCH3 is 1. The molecule has 1 aromatic rings. The van der Waals surface area contributed by atoms with Crippen LogP contribution in [0.3, 0.4) is 0 Å². The van der Waals surface area contributed by atoms with Gasteiger partial charge in [0, 0.05) is 31.4 Å². The number of rotatable bonds is 9. The molecule has 0 aromatic carbocycles. The van der Waals surface area contributed by atoms with Crippen LogP contribution in [0.15, 0.2) is 24.4 Å². The molecule has 0 spiro atoms. The Morgan fingerprint density at radius 2 is 2.18 bits per heavy atom. The number of esters is 1. The number of carbonyl (C=O) groups is 2. The van der Waals surface area contributed by atoms with Gasteiger partial charge in [-0.3, -0.25) is 19.5 Å². The molecule has 2 bridgehead atoms. The van der Waals surface area contributed by atoms with E-state index in [9.17, 15) is 9.59 Å². The standard InChI is InChI=1S/C22H33N3O3/c1-16(2)9-11-22(21(27)24-13-10-20(26)28-3)14-18-7-8-19(22)25(18)15-17-6-4-5-12-23-17/h4-6,12,16,18-19H,7-11,13-15H2,1-3H3,(H,24,27)/t18-,19+,22+/m1/s1. The van der Waals surface area contributed by atoms with Gasteiger partial charge >= 0.3 is 5.97 Å². The number of hydrogen-bond acceptors (Lipinski definition) is 5. The fraction of sp³-hybridized carbons (Fsp3) is 0.682. The number of ether oxygens (including phenoxy) is 1. The summed E-state index contributed by atoms with van der Waals surface area (Å²) in [6.45, 7) is 5.56. The summed E-state index contributed by atoms with van der Waals surface area (Å²) < 4.78 is 4.69. The van der Waals surface area contributed by atoms with Crippen molar-refractivity contribution in [3.63, 3.8) is 0 Å². The lowest BCUT2D eigenvalue weighted by Gasteiger charge is -2.37. The SMILES string of the molecule is COC(=O)CCNC(=O)[C@@]1(CCC(C)C)C[C@H]2CC[C@@H]1N2Cc1ccccn1. The Kier molecular flexibility index (Phi) is 6.70. The lowest BCUT2D eigenvalue weighted by Crippen LogP contribution is -2.49. The Bertz CT molecular complexity index is 679. The second-order valence-electron chi connectivity index (χ2n) is 8.62. The van der Waals surface area contributed by atoms with E-state index in [-0.39, 0.29) is 29.8 Å². The van der Waals surface area contributed by atoms with Gasteiger partial charge in [-0.2, -0.15) is 0 Å². The monoisotopic (exact) mass is 387 g/mol. The normalized spacial score (nSPS) is 26.6. The molecule has 1 amide bonds. The summed E-state index contributed by atoms with van der Waals surface area (Å²) in [6.07, 6.45) is 7.09. The highest BCUT2D eigenvalue weighted by Gasteiger charge is 2.59. The van der Waals surface area contributed by atoms with E-state index in [1.165, 1.54) is 7.11 Å². The van der Waals surface area contributed by atoms with Crippen molar-refractivity contribution >= 4 is 11.9 Å². The number of pyridine rings is 1. The smallest absolute Gasteiger partial charge is 0.307 e. The molecule has 154 valence electrons. The number of hydrogen-bond donors (Lipinski definition) is 1. The van der Waals surface area contributed by atoms with Gasteiger partial charge in [-0.05, 0) is 50.2 Å². The predicted molar refractivity (Wildman–Crippen MR) is 107 cm³/mol. The molecule has 2 aliphatic heterocycles. The van der Waals surface area contributed by atoms with Crippen molar-refractivity contribution in [3.05, 3.63) is 30.1 Å². The molecular weight excluding hydrogens is 354 g/mol. The molecule has 1 N–H and O–H groups in total. The third-order valence-electron chi connectivity index (χ3n) is 6.41. The van der Waals surface area contributed by atoms with Crippen LogP contribution >= 0.6 is 0 Å². The van der Waals surface area contributed by atoms with E-state index in [0.29, 0.717) is 18.5 Å². The Balaban J connectivity index is 1.74. The van der Waals surface area contributed by atoms with Crippen molar-refractivity contribution in [2.75, 3.05) is 13.7 Å². The molecule has 2 saturated heterocycles. The first-order valence-corrected chi connectivity index (χ1v) is 10.5. The van der Waals surface area contributed by atoms with Crippen LogP contribution in [0.4, 0.5) is 0 Å². The first-order chi connectivity index (χ1) is 13.5. The molecule has 3 rings (SSSR count). The van der Waals surface area contributed by atoms with E-state index in [1.807, 2.05) is 18.3 Å². The first-order valence-electron chi connectivity index (χ1n) is 10.5. The first kappa shape index (κ1) is 20.8. The summed E-state index contributed by atoms with van der Waals surface area (Å²) in [5.74, 6) is 0.375. The zero-order valence-electron chi connectivity index (χ0n) is 17.3. The van der Waals surface area contributed by atoms with Crippen LogP contribution in [0.5, 0.6) is 0 Å². The summed E-state index contributed by atoms with van der Waals surface area (Å²) >= 11 is 0. The number of aromatic nitrogens is 1. The highest BCUT2D eigenvalue weighted by molar-refractivity contribution is 5.84. The molecule has 1 aromatic heterocycles. The maximum atomic E-state index is 13.3. The van der Waals surface area contributed by atoms with Gasteiger partial charge in [0.25, 0.3) is 0 Å². The molecule has 3 atom stereocenters. The topological polar surface area (TPSA) is 71.5 Å². The quantitative estimate of drug-likeness (QED) is 0.660. The van der Waals surface area contributed by atoms with E-state index in [4.69, 9.17) is 0 Å². The molecule has 3 heterocycles. The van der Waals surface area contributed by atoms with Crippen LogP contribution in [0.2, 0.25) is 0 Å². The summed E-state index contributed by atoms with van der Waals surface area (Å²) in [7, 11) is 1.37. The number of fused-ring (bicyclic) bond motifs is 2. The summed E-state index contributed by atoms with van der Waals surface area (Å²) in [4.78, 5) is 31.7. The second kappa shape index (κ2) is 9.03. The van der Waals surface area contributed by atoms with Gasteiger partial charge in [-0.1, -0.05) is 19.9 Å². The summed E-state index contributed by atoms with van der Waals surface area (Å²) in [5, 5.41) is 3.04. The molecular formula is C22H33N3O3. The van der Waals surface area contributed by atoms with Crippen molar-refractivity contribution in [3.8, 4) is 0 Å². The molecule has 0 radical (unpaired) electrons. The lowest BCUT2D eigenvalue weighted by molar-refractivity contribution is -0.140. The second-order valence-corrected chi connectivity index (χ2v) is 8.62. The van der Waals surface area contributed by atoms with Crippen LogP contribution in [-0.2, 0) is 20.9 Å². The summed E-state index contributed by atoms with van der Waals surface area (Å²) in [5.41, 5.74) is 0.697. The zero-order chi connectivity index (χ0) is 20.1. The van der Waals surface area contributed by atoms with E-state index >= 15 is 0 Å². The van der Waals surface area contributed by atoms with E-state index in [2.05, 4.69) is 39.9 Å². The molecule has 0 unspecified atom stereocenters.